The van der Waals surface area contributed by atoms with Gasteiger partial charge < -0.3 is 15.5 Å². The number of hydrogen-bond donors (Lipinski definition) is 3. The van der Waals surface area contributed by atoms with E-state index in [-0.39, 0.29) is 12.3 Å². The van der Waals surface area contributed by atoms with E-state index >= 15 is 0 Å². The van der Waals surface area contributed by atoms with Crippen molar-refractivity contribution in [2.24, 2.45) is 0 Å². The van der Waals surface area contributed by atoms with Crippen molar-refractivity contribution < 1.29 is 28.2 Å². The molecule has 0 aliphatic heterocycles. The lowest BCUT2D eigenvalue weighted by Crippen LogP contribution is -2.35. The third kappa shape index (κ3) is 4.35. The Morgan fingerprint density at radius 3 is 2.38 bits per heavy atom. The summed E-state index contributed by atoms with van der Waals surface area (Å²) in [6, 6.07) is 3.02. The van der Waals surface area contributed by atoms with E-state index in [1.165, 1.54) is 6.07 Å². The minimum absolute atomic E-state index is 0.101. The number of nitrogens with one attached hydrogen (secondary N) is 1. The van der Waals surface area contributed by atoms with Crippen molar-refractivity contribution in [2.75, 3.05) is 11.9 Å². The SMILES string of the molecule is CCC(C)(CCO)Nc1ccc(C(=O)O)c(C(F)(F)F)c1. The van der Waals surface area contributed by atoms with Gasteiger partial charge >= 0.3 is 12.1 Å². The molecule has 118 valence electrons. The van der Waals surface area contributed by atoms with Crippen molar-refractivity contribution >= 4 is 11.7 Å². The van der Waals surface area contributed by atoms with E-state index in [4.69, 9.17) is 10.2 Å². The van der Waals surface area contributed by atoms with Gasteiger partial charge in [0.25, 0.3) is 0 Å². The van der Waals surface area contributed by atoms with E-state index in [9.17, 15) is 18.0 Å². The van der Waals surface area contributed by atoms with Crippen molar-refractivity contribution in [3.8, 4) is 0 Å². The maximum atomic E-state index is 12.9. The van der Waals surface area contributed by atoms with Gasteiger partial charge in [-0.2, -0.15) is 13.2 Å². The number of carboxylic acid groups (broad SMARTS) is 1. The Bertz CT molecular complexity index is 517. The highest BCUT2D eigenvalue weighted by atomic mass is 19.4. The van der Waals surface area contributed by atoms with E-state index in [1.807, 2.05) is 6.92 Å². The van der Waals surface area contributed by atoms with Gasteiger partial charge in [0.05, 0.1) is 11.1 Å². The number of anilines is 1. The van der Waals surface area contributed by atoms with Gasteiger partial charge in [0.2, 0.25) is 0 Å². The molecule has 0 spiro atoms. The first-order chi connectivity index (χ1) is 9.63. The van der Waals surface area contributed by atoms with Gasteiger partial charge in [-0.25, -0.2) is 4.79 Å². The molecule has 0 heterocycles. The fourth-order valence-electron chi connectivity index (χ4n) is 1.97. The van der Waals surface area contributed by atoms with Gasteiger partial charge in [-0.3, -0.25) is 0 Å². The number of halogens is 3. The number of aromatic carboxylic acids is 1. The Hall–Kier alpha value is -1.76. The van der Waals surface area contributed by atoms with Crippen LogP contribution >= 0.6 is 0 Å². The fourth-order valence-corrected chi connectivity index (χ4v) is 1.97. The lowest BCUT2D eigenvalue weighted by Gasteiger charge is -2.30. The molecule has 0 aliphatic rings. The minimum atomic E-state index is -4.75. The standard InChI is InChI=1S/C14H18F3NO3/c1-3-13(2,6-7-19)18-9-4-5-10(12(20)21)11(8-9)14(15,16)17/h4-5,8,18-19H,3,6-7H2,1-2H3,(H,20,21). The van der Waals surface area contributed by atoms with Gasteiger partial charge in [-0.05, 0) is 38.0 Å². The van der Waals surface area contributed by atoms with Crippen LogP contribution in [0.25, 0.3) is 0 Å². The van der Waals surface area contributed by atoms with E-state index in [0.29, 0.717) is 12.8 Å². The third-order valence-corrected chi connectivity index (χ3v) is 3.45. The number of alkyl halides is 3. The first-order valence-electron chi connectivity index (χ1n) is 6.46. The Balaban J connectivity index is 3.20. The van der Waals surface area contributed by atoms with E-state index in [0.717, 1.165) is 12.1 Å². The molecule has 7 heteroatoms. The van der Waals surface area contributed by atoms with Crippen LogP contribution in [0.2, 0.25) is 0 Å². The van der Waals surface area contributed by atoms with Crippen molar-refractivity contribution in [1.29, 1.82) is 0 Å². The van der Waals surface area contributed by atoms with Crippen LogP contribution in [0, 0.1) is 0 Å². The average molecular weight is 305 g/mol. The molecule has 1 aromatic rings. The van der Waals surface area contributed by atoms with Crippen LogP contribution in [0.5, 0.6) is 0 Å². The second-order valence-corrected chi connectivity index (χ2v) is 5.08. The van der Waals surface area contributed by atoms with Gasteiger partial charge in [-0.15, -0.1) is 0 Å². The maximum Gasteiger partial charge on any atom is 0.417 e. The summed E-state index contributed by atoms with van der Waals surface area (Å²) in [5.41, 5.74) is -2.37. The normalized spacial score (nSPS) is 14.6. The number of benzene rings is 1. The molecule has 0 saturated carbocycles. The van der Waals surface area contributed by atoms with Gasteiger partial charge in [0.1, 0.15) is 0 Å². The zero-order chi connectivity index (χ0) is 16.3. The molecule has 0 bridgehead atoms. The van der Waals surface area contributed by atoms with E-state index in [2.05, 4.69) is 5.32 Å². The van der Waals surface area contributed by atoms with Crippen LogP contribution in [0.4, 0.5) is 18.9 Å². The molecule has 4 nitrogen and oxygen atoms in total. The first-order valence-corrected chi connectivity index (χ1v) is 6.46. The smallest absolute Gasteiger partial charge is 0.417 e. The van der Waals surface area contributed by atoms with E-state index in [1.54, 1.807) is 6.92 Å². The number of carboxylic acids is 1. The Labute approximate surface area is 120 Å². The molecule has 1 rings (SSSR count). The topological polar surface area (TPSA) is 69.6 Å². The summed E-state index contributed by atoms with van der Waals surface area (Å²) >= 11 is 0. The van der Waals surface area contributed by atoms with Crippen LogP contribution in [-0.2, 0) is 6.18 Å². The molecule has 1 aromatic carbocycles. The van der Waals surface area contributed by atoms with Gasteiger partial charge in [0, 0.05) is 17.8 Å². The van der Waals surface area contributed by atoms with Crippen molar-refractivity contribution in [2.45, 2.75) is 38.4 Å². The van der Waals surface area contributed by atoms with Crippen LogP contribution in [0.15, 0.2) is 18.2 Å². The number of carbonyl (C=O) groups is 1. The summed E-state index contributed by atoms with van der Waals surface area (Å²) in [6.07, 6.45) is -3.79. The molecule has 0 aromatic heterocycles. The molecule has 0 saturated heterocycles. The lowest BCUT2D eigenvalue weighted by molar-refractivity contribution is -0.138. The predicted molar refractivity (Wildman–Crippen MR) is 72.4 cm³/mol. The third-order valence-electron chi connectivity index (χ3n) is 3.45. The summed E-state index contributed by atoms with van der Waals surface area (Å²) < 4.78 is 38.8. The monoisotopic (exact) mass is 305 g/mol. The average Bonchev–Trinajstić information content (AvgIpc) is 2.37. The zero-order valence-corrected chi connectivity index (χ0v) is 11.8. The van der Waals surface area contributed by atoms with E-state index < -0.39 is 28.8 Å². The molecule has 3 N–H and O–H groups in total. The molecule has 0 fully saturated rings. The lowest BCUT2D eigenvalue weighted by atomic mass is 9.94. The second kappa shape index (κ2) is 6.34. The number of rotatable bonds is 6. The highest BCUT2D eigenvalue weighted by Crippen LogP contribution is 2.35. The molecular formula is C14H18F3NO3. The highest BCUT2D eigenvalue weighted by molar-refractivity contribution is 5.90. The second-order valence-electron chi connectivity index (χ2n) is 5.08. The fraction of sp³-hybridized carbons (Fsp3) is 0.500. The summed E-state index contributed by atoms with van der Waals surface area (Å²) in [5, 5.41) is 20.8. The molecule has 1 atom stereocenters. The maximum absolute atomic E-state index is 12.9. The quantitative estimate of drug-likeness (QED) is 0.753. The van der Waals surface area contributed by atoms with Gasteiger partial charge in [0.15, 0.2) is 0 Å². The summed E-state index contributed by atoms with van der Waals surface area (Å²) in [4.78, 5) is 10.9. The number of aliphatic hydroxyl groups excluding tert-OH is 1. The van der Waals surface area contributed by atoms with Crippen LogP contribution in [0.3, 0.4) is 0 Å². The predicted octanol–water partition coefficient (Wildman–Crippen LogP) is 3.37. The summed E-state index contributed by atoms with van der Waals surface area (Å²) in [6.45, 7) is 3.53. The molecule has 0 amide bonds. The molecule has 1 unspecified atom stereocenters. The van der Waals surface area contributed by atoms with Crippen molar-refractivity contribution in [1.82, 2.24) is 0 Å². The Morgan fingerprint density at radius 1 is 1.33 bits per heavy atom. The molecule has 0 aliphatic carbocycles. The van der Waals surface area contributed by atoms with Crippen LogP contribution in [-0.4, -0.2) is 28.3 Å². The van der Waals surface area contributed by atoms with Gasteiger partial charge in [-0.1, -0.05) is 6.92 Å². The molecular weight excluding hydrogens is 287 g/mol. The molecule has 21 heavy (non-hydrogen) atoms. The number of hydrogen-bond acceptors (Lipinski definition) is 3. The van der Waals surface area contributed by atoms with Crippen LogP contribution in [0.1, 0.15) is 42.6 Å². The van der Waals surface area contributed by atoms with Crippen LogP contribution < -0.4 is 5.32 Å². The largest absolute Gasteiger partial charge is 0.478 e. The first kappa shape index (κ1) is 17.3. The Morgan fingerprint density at radius 2 is 1.95 bits per heavy atom. The summed E-state index contributed by atoms with van der Waals surface area (Å²) in [7, 11) is 0. The molecule has 0 radical (unpaired) electrons. The van der Waals surface area contributed by atoms with Crippen molar-refractivity contribution in [3.05, 3.63) is 29.3 Å². The minimum Gasteiger partial charge on any atom is -0.478 e. The highest BCUT2D eigenvalue weighted by Gasteiger charge is 2.36. The number of aliphatic hydroxyl groups is 1. The Kier molecular flexibility index (Phi) is 5.22. The zero-order valence-electron chi connectivity index (χ0n) is 11.8. The van der Waals surface area contributed by atoms with Crippen molar-refractivity contribution in [3.63, 3.8) is 0 Å². The summed E-state index contributed by atoms with van der Waals surface area (Å²) in [5.74, 6) is -1.62.